The number of aliphatic hydroxyl groups excluding tert-OH is 1. The van der Waals surface area contributed by atoms with E-state index in [1.165, 1.54) is 13.4 Å². The molecule has 0 radical (unpaired) electrons. The van der Waals surface area contributed by atoms with Crippen molar-refractivity contribution >= 4 is 28.6 Å². The third-order valence-electron chi connectivity index (χ3n) is 3.89. The Bertz CT molecular complexity index is 742. The van der Waals surface area contributed by atoms with Crippen LogP contribution in [0.2, 0.25) is 5.28 Å². The highest BCUT2D eigenvalue weighted by molar-refractivity contribution is 6.28. The molecule has 11 heteroatoms. The van der Waals surface area contributed by atoms with Crippen LogP contribution in [0.15, 0.2) is 6.33 Å². The van der Waals surface area contributed by atoms with Crippen LogP contribution in [-0.4, -0.2) is 63.1 Å². The summed E-state index contributed by atoms with van der Waals surface area (Å²) in [6, 6.07) is 0. The van der Waals surface area contributed by atoms with Gasteiger partial charge in [0.05, 0.1) is 12.9 Å². The van der Waals surface area contributed by atoms with E-state index >= 15 is 0 Å². The van der Waals surface area contributed by atoms with Crippen LogP contribution >= 0.6 is 11.6 Å². The number of imidazole rings is 1. The summed E-state index contributed by atoms with van der Waals surface area (Å²) in [5.74, 6) is 0.172. The highest BCUT2D eigenvalue weighted by Gasteiger charge is 2.53. The molecule has 2 aliphatic heterocycles. The van der Waals surface area contributed by atoms with Crippen molar-refractivity contribution in [2.75, 3.05) is 19.5 Å². The van der Waals surface area contributed by atoms with Gasteiger partial charge in [0.15, 0.2) is 17.7 Å². The lowest BCUT2D eigenvalue weighted by atomic mass is 10.1. The minimum Gasteiger partial charge on any atom is -0.394 e. The number of ether oxygens (including phenoxy) is 4. The second-order valence-corrected chi connectivity index (χ2v) is 5.51. The smallest absolute Gasteiger partial charge is 0.272 e. The Hall–Kier alpha value is -1.56. The highest BCUT2D eigenvalue weighted by Crippen LogP contribution is 2.40. The summed E-state index contributed by atoms with van der Waals surface area (Å²) >= 11 is 5.87. The maximum absolute atomic E-state index is 9.50. The summed E-state index contributed by atoms with van der Waals surface area (Å²) in [4.78, 5) is 12.2. The largest absolute Gasteiger partial charge is 0.394 e. The first kappa shape index (κ1) is 15.0. The van der Waals surface area contributed by atoms with E-state index in [0.717, 1.165) is 0 Å². The molecule has 124 valence electrons. The van der Waals surface area contributed by atoms with Crippen LogP contribution in [-0.2, 0) is 18.9 Å². The Morgan fingerprint density at radius 3 is 2.87 bits per heavy atom. The maximum atomic E-state index is 9.50. The molecule has 0 aliphatic carbocycles. The van der Waals surface area contributed by atoms with Crippen LogP contribution in [0.5, 0.6) is 0 Å². The molecule has 0 spiro atoms. The maximum Gasteiger partial charge on any atom is 0.272 e. The Labute approximate surface area is 135 Å². The van der Waals surface area contributed by atoms with E-state index in [2.05, 4.69) is 15.0 Å². The third kappa shape index (κ3) is 2.26. The highest BCUT2D eigenvalue weighted by atomic mass is 35.5. The molecular weight excluding hydrogens is 330 g/mol. The number of fused-ring (bicyclic) bond motifs is 2. The zero-order valence-electron chi connectivity index (χ0n) is 12.0. The molecule has 2 aromatic rings. The molecule has 23 heavy (non-hydrogen) atoms. The number of rotatable bonds is 3. The van der Waals surface area contributed by atoms with Gasteiger partial charge in [-0.05, 0) is 11.6 Å². The fourth-order valence-electron chi connectivity index (χ4n) is 2.89. The number of aliphatic hydroxyl groups is 1. The monoisotopic (exact) mass is 343 g/mol. The van der Waals surface area contributed by atoms with Crippen LogP contribution in [0, 0.1) is 0 Å². The van der Waals surface area contributed by atoms with E-state index in [1.807, 2.05) is 0 Å². The fourth-order valence-corrected chi connectivity index (χ4v) is 3.06. The molecule has 0 bridgehead atoms. The number of nitrogen functional groups attached to an aromatic ring is 1. The quantitative estimate of drug-likeness (QED) is 0.720. The normalized spacial score (nSPS) is 33.4. The van der Waals surface area contributed by atoms with Gasteiger partial charge in [-0.1, -0.05) is 0 Å². The molecule has 4 heterocycles. The lowest BCUT2D eigenvalue weighted by molar-refractivity contribution is -0.256. The summed E-state index contributed by atoms with van der Waals surface area (Å²) in [7, 11) is 1.47. The molecule has 2 fully saturated rings. The van der Waals surface area contributed by atoms with E-state index in [4.69, 9.17) is 36.3 Å². The van der Waals surface area contributed by atoms with Crippen molar-refractivity contribution in [2.45, 2.75) is 31.0 Å². The van der Waals surface area contributed by atoms with E-state index in [1.54, 1.807) is 4.57 Å². The molecule has 0 aromatic carbocycles. The number of aromatic nitrogens is 4. The molecule has 5 atom stereocenters. The van der Waals surface area contributed by atoms with E-state index < -0.39 is 31.0 Å². The van der Waals surface area contributed by atoms with E-state index in [0.29, 0.717) is 11.2 Å². The predicted octanol–water partition coefficient (Wildman–Crippen LogP) is -0.334. The molecule has 10 nitrogen and oxygen atoms in total. The lowest BCUT2D eigenvalue weighted by Crippen LogP contribution is -2.31. The molecule has 2 aliphatic rings. The third-order valence-corrected chi connectivity index (χ3v) is 4.06. The zero-order chi connectivity index (χ0) is 16.1. The van der Waals surface area contributed by atoms with Crippen LogP contribution in [0.4, 0.5) is 5.82 Å². The number of nitrogens with zero attached hydrogens (tertiary/aromatic N) is 4. The van der Waals surface area contributed by atoms with Gasteiger partial charge < -0.3 is 29.8 Å². The minimum atomic E-state index is -0.816. The SMILES string of the molecule is COC1O[C@@H]2[C@H](O1)[C@@H](CO)O[C@H]2n1cnc2c(N)nc(Cl)nc21. The van der Waals surface area contributed by atoms with Gasteiger partial charge >= 0.3 is 0 Å². The van der Waals surface area contributed by atoms with Gasteiger partial charge in [0.2, 0.25) is 5.28 Å². The molecule has 2 saturated heterocycles. The van der Waals surface area contributed by atoms with Gasteiger partial charge in [-0.25, -0.2) is 4.98 Å². The Morgan fingerprint density at radius 1 is 1.35 bits per heavy atom. The summed E-state index contributed by atoms with van der Waals surface area (Å²) in [6.07, 6.45) is -0.631. The standard InChI is InChI=1S/C12H14ClN5O5/c1-20-12-22-6-4(2-19)21-10(7(6)23-12)18-3-15-5-8(14)16-11(13)17-9(5)18/h3-4,6-7,10,12,19H,2H2,1H3,(H2,14,16,17)/t4-,6-,7-,10-,12?/m1/s1. The fraction of sp³-hybridized carbons (Fsp3) is 0.583. The van der Waals surface area contributed by atoms with Crippen molar-refractivity contribution in [2.24, 2.45) is 0 Å². The lowest BCUT2D eigenvalue weighted by Gasteiger charge is -2.19. The summed E-state index contributed by atoms with van der Waals surface area (Å²) in [5, 5.41) is 9.50. The number of halogens is 1. The summed E-state index contributed by atoms with van der Waals surface area (Å²) in [5.41, 5.74) is 6.62. The van der Waals surface area contributed by atoms with Crippen LogP contribution in [0.25, 0.3) is 11.2 Å². The molecular formula is C12H14ClN5O5. The number of nitrogens with two attached hydrogens (primary N) is 1. The van der Waals surface area contributed by atoms with Gasteiger partial charge in [0, 0.05) is 7.11 Å². The molecule has 1 unspecified atom stereocenters. The van der Waals surface area contributed by atoms with Crippen LogP contribution in [0.3, 0.4) is 0 Å². The molecule has 0 saturated carbocycles. The Balaban J connectivity index is 1.75. The van der Waals surface area contributed by atoms with Gasteiger partial charge in [-0.15, -0.1) is 0 Å². The summed E-state index contributed by atoms with van der Waals surface area (Å²) < 4.78 is 23.8. The van der Waals surface area contributed by atoms with Crippen molar-refractivity contribution in [3.8, 4) is 0 Å². The first-order chi connectivity index (χ1) is 11.1. The average Bonchev–Trinajstić information content (AvgIpc) is 3.19. The number of hydrogen-bond acceptors (Lipinski definition) is 9. The van der Waals surface area contributed by atoms with Crippen LogP contribution in [0.1, 0.15) is 6.23 Å². The number of anilines is 1. The van der Waals surface area contributed by atoms with Crippen LogP contribution < -0.4 is 5.73 Å². The van der Waals surface area contributed by atoms with Gasteiger partial charge in [0.1, 0.15) is 23.8 Å². The number of methoxy groups -OCH3 is 1. The molecule has 4 rings (SSSR count). The molecule has 0 amide bonds. The second-order valence-electron chi connectivity index (χ2n) is 5.18. The van der Waals surface area contributed by atoms with Gasteiger partial charge in [-0.3, -0.25) is 4.57 Å². The van der Waals surface area contributed by atoms with Crippen molar-refractivity contribution in [3.63, 3.8) is 0 Å². The van der Waals surface area contributed by atoms with Crippen molar-refractivity contribution in [1.82, 2.24) is 19.5 Å². The topological polar surface area (TPSA) is 127 Å². The van der Waals surface area contributed by atoms with Crippen molar-refractivity contribution < 1.29 is 24.1 Å². The first-order valence-corrected chi connectivity index (χ1v) is 7.25. The van der Waals surface area contributed by atoms with Gasteiger partial charge in [-0.2, -0.15) is 9.97 Å². The second kappa shape index (κ2) is 5.51. The minimum absolute atomic E-state index is 0.00311. The average molecular weight is 344 g/mol. The molecule has 3 N–H and O–H groups in total. The van der Waals surface area contributed by atoms with Crippen molar-refractivity contribution in [1.29, 1.82) is 0 Å². The first-order valence-electron chi connectivity index (χ1n) is 6.88. The van der Waals surface area contributed by atoms with E-state index in [-0.39, 0.29) is 17.7 Å². The number of hydrogen-bond donors (Lipinski definition) is 2. The molecule has 2 aromatic heterocycles. The summed E-state index contributed by atoms with van der Waals surface area (Å²) in [6.45, 7) is -1.04. The van der Waals surface area contributed by atoms with E-state index in [9.17, 15) is 5.11 Å². The zero-order valence-corrected chi connectivity index (χ0v) is 12.8. The van der Waals surface area contributed by atoms with Gasteiger partial charge in [0.25, 0.3) is 6.48 Å². The predicted molar refractivity (Wildman–Crippen MR) is 76.3 cm³/mol. The Kier molecular flexibility index (Phi) is 3.59. The Morgan fingerprint density at radius 2 is 2.13 bits per heavy atom. The van der Waals surface area contributed by atoms with Crippen molar-refractivity contribution in [3.05, 3.63) is 11.6 Å².